The van der Waals surface area contributed by atoms with E-state index in [1.807, 2.05) is 44.4 Å². The molecular weight excluding hydrogens is 396 g/mol. The summed E-state index contributed by atoms with van der Waals surface area (Å²) in [5.74, 6) is 0.185. The fraction of sp³-hybridized carbons (Fsp3) is 0.350. The molecule has 0 fully saturated rings. The lowest BCUT2D eigenvalue weighted by Crippen LogP contribution is -2.31. The van der Waals surface area contributed by atoms with Crippen LogP contribution in [0.4, 0.5) is 0 Å². The molecule has 152 valence electrons. The number of hydrogen-bond donors (Lipinski definition) is 2. The van der Waals surface area contributed by atoms with Crippen molar-refractivity contribution in [2.75, 3.05) is 19.4 Å². The highest BCUT2D eigenvalue weighted by molar-refractivity contribution is 7.98. The van der Waals surface area contributed by atoms with Crippen molar-refractivity contribution in [3.8, 4) is 5.75 Å². The molecule has 2 rings (SSSR count). The summed E-state index contributed by atoms with van der Waals surface area (Å²) in [4.78, 5) is 13.5. The van der Waals surface area contributed by atoms with E-state index in [4.69, 9.17) is 4.74 Å². The van der Waals surface area contributed by atoms with E-state index in [1.165, 1.54) is 17.0 Å². The average Bonchev–Trinajstić information content (AvgIpc) is 2.71. The number of ether oxygens (including phenoxy) is 1. The first-order valence-electron chi connectivity index (χ1n) is 9.01. The molecule has 0 bridgehead atoms. The molecule has 28 heavy (non-hydrogen) atoms. The predicted octanol–water partition coefficient (Wildman–Crippen LogP) is 3.35. The monoisotopic (exact) mass is 422 g/mol. The number of thioether (sulfide) groups is 1. The summed E-state index contributed by atoms with van der Waals surface area (Å²) in [6.07, 6.45) is 2.73. The second kappa shape index (κ2) is 10.5. The molecule has 2 N–H and O–H groups in total. The zero-order valence-corrected chi connectivity index (χ0v) is 17.9. The highest BCUT2D eigenvalue weighted by Crippen LogP contribution is 2.19. The standard InChI is InChI=1S/C20H26N2O4S2/c1-4-13-21-28(24,25)19-11-7-17(8-12-19)26-14-20(23)22-15(2)16-5-9-18(27-3)10-6-16/h5-12,15,21H,4,13-14H2,1-3H3,(H,22,23). The van der Waals surface area contributed by atoms with Gasteiger partial charge in [-0.1, -0.05) is 19.1 Å². The minimum Gasteiger partial charge on any atom is -0.484 e. The van der Waals surface area contributed by atoms with E-state index in [1.54, 1.807) is 23.9 Å². The second-order valence-corrected chi connectivity index (χ2v) is 8.87. The number of carbonyl (C=O) groups is 1. The summed E-state index contributed by atoms with van der Waals surface area (Å²) >= 11 is 1.67. The highest BCUT2D eigenvalue weighted by atomic mass is 32.2. The van der Waals surface area contributed by atoms with Crippen LogP contribution in [-0.4, -0.2) is 33.7 Å². The van der Waals surface area contributed by atoms with E-state index in [2.05, 4.69) is 10.0 Å². The Kier molecular flexibility index (Phi) is 8.35. The molecule has 2 aromatic rings. The molecular formula is C20H26N2O4S2. The Bertz CT molecular complexity index is 866. The molecule has 0 aliphatic carbocycles. The summed E-state index contributed by atoms with van der Waals surface area (Å²) in [6.45, 7) is 4.05. The summed E-state index contributed by atoms with van der Waals surface area (Å²) in [5.41, 5.74) is 1.01. The van der Waals surface area contributed by atoms with Crippen molar-refractivity contribution >= 4 is 27.7 Å². The molecule has 0 spiro atoms. The van der Waals surface area contributed by atoms with Gasteiger partial charge in [0.05, 0.1) is 10.9 Å². The van der Waals surface area contributed by atoms with E-state index in [-0.39, 0.29) is 23.5 Å². The summed E-state index contributed by atoms with van der Waals surface area (Å²) < 4.78 is 32.1. The Labute approximate surface area is 171 Å². The van der Waals surface area contributed by atoms with Gasteiger partial charge in [-0.3, -0.25) is 4.79 Å². The van der Waals surface area contributed by atoms with Gasteiger partial charge in [-0.2, -0.15) is 0 Å². The molecule has 0 radical (unpaired) electrons. The Morgan fingerprint density at radius 1 is 1.11 bits per heavy atom. The van der Waals surface area contributed by atoms with E-state index in [0.717, 1.165) is 12.0 Å². The minimum absolute atomic E-state index is 0.135. The molecule has 8 heteroatoms. The summed E-state index contributed by atoms with van der Waals surface area (Å²) in [7, 11) is -3.51. The Morgan fingerprint density at radius 3 is 2.32 bits per heavy atom. The van der Waals surface area contributed by atoms with Gasteiger partial charge in [-0.15, -0.1) is 11.8 Å². The van der Waals surface area contributed by atoms with Gasteiger partial charge in [0.25, 0.3) is 5.91 Å². The number of rotatable bonds is 10. The fourth-order valence-corrected chi connectivity index (χ4v) is 3.98. The van der Waals surface area contributed by atoms with Crippen LogP contribution in [0, 0.1) is 0 Å². The van der Waals surface area contributed by atoms with Gasteiger partial charge in [-0.05, 0) is 61.6 Å². The molecule has 1 unspecified atom stereocenters. The molecule has 0 saturated carbocycles. The first-order chi connectivity index (χ1) is 13.4. The second-order valence-electron chi connectivity index (χ2n) is 6.22. The van der Waals surface area contributed by atoms with Crippen LogP contribution in [0.25, 0.3) is 0 Å². The molecule has 6 nitrogen and oxygen atoms in total. The van der Waals surface area contributed by atoms with Gasteiger partial charge in [0, 0.05) is 11.4 Å². The lowest BCUT2D eigenvalue weighted by molar-refractivity contribution is -0.123. The molecule has 1 amide bonds. The van der Waals surface area contributed by atoms with Crippen LogP contribution in [0.1, 0.15) is 31.9 Å². The van der Waals surface area contributed by atoms with E-state index in [0.29, 0.717) is 12.3 Å². The van der Waals surface area contributed by atoms with Gasteiger partial charge in [0.1, 0.15) is 5.75 Å². The van der Waals surface area contributed by atoms with Crippen LogP contribution in [0.15, 0.2) is 58.3 Å². The van der Waals surface area contributed by atoms with Crippen molar-refractivity contribution < 1.29 is 17.9 Å². The normalized spacial score (nSPS) is 12.4. The first-order valence-corrected chi connectivity index (χ1v) is 11.7. The first kappa shape index (κ1) is 22.3. The van der Waals surface area contributed by atoms with Crippen LogP contribution in [-0.2, 0) is 14.8 Å². The smallest absolute Gasteiger partial charge is 0.258 e. The molecule has 1 atom stereocenters. The molecule has 0 aliphatic heterocycles. The Morgan fingerprint density at radius 2 is 1.75 bits per heavy atom. The Hall–Kier alpha value is -2.03. The van der Waals surface area contributed by atoms with Gasteiger partial charge in [0.15, 0.2) is 6.61 Å². The van der Waals surface area contributed by atoms with Crippen molar-refractivity contribution in [2.24, 2.45) is 0 Å². The predicted molar refractivity (Wildman–Crippen MR) is 112 cm³/mol. The zero-order valence-electron chi connectivity index (χ0n) is 16.3. The van der Waals surface area contributed by atoms with E-state index < -0.39 is 10.0 Å². The fourth-order valence-electron chi connectivity index (χ4n) is 2.44. The summed E-state index contributed by atoms with van der Waals surface area (Å²) in [6, 6.07) is 13.9. The van der Waals surface area contributed by atoms with Crippen molar-refractivity contribution in [3.63, 3.8) is 0 Å². The van der Waals surface area contributed by atoms with Gasteiger partial charge < -0.3 is 10.1 Å². The SMILES string of the molecule is CCCNS(=O)(=O)c1ccc(OCC(=O)NC(C)c2ccc(SC)cc2)cc1. The maximum Gasteiger partial charge on any atom is 0.258 e. The lowest BCUT2D eigenvalue weighted by atomic mass is 10.1. The zero-order chi connectivity index (χ0) is 20.6. The third-order valence-corrected chi connectivity index (χ3v) is 6.26. The van der Waals surface area contributed by atoms with Crippen molar-refractivity contribution in [1.82, 2.24) is 10.0 Å². The quantitative estimate of drug-likeness (QED) is 0.574. The molecule has 0 saturated heterocycles. The van der Waals surface area contributed by atoms with Crippen molar-refractivity contribution in [3.05, 3.63) is 54.1 Å². The minimum atomic E-state index is -3.51. The number of nitrogens with one attached hydrogen (secondary N) is 2. The van der Waals surface area contributed by atoms with Gasteiger partial charge >= 0.3 is 0 Å². The van der Waals surface area contributed by atoms with Gasteiger partial charge in [-0.25, -0.2) is 13.1 Å². The van der Waals surface area contributed by atoms with Crippen molar-refractivity contribution in [2.45, 2.75) is 36.1 Å². The van der Waals surface area contributed by atoms with Gasteiger partial charge in [0.2, 0.25) is 10.0 Å². The number of carbonyl (C=O) groups excluding carboxylic acids is 1. The summed E-state index contributed by atoms with van der Waals surface area (Å²) in [5, 5.41) is 2.89. The molecule has 2 aromatic carbocycles. The van der Waals surface area contributed by atoms with Crippen LogP contribution in [0.3, 0.4) is 0 Å². The number of hydrogen-bond acceptors (Lipinski definition) is 5. The van der Waals surface area contributed by atoms with E-state index in [9.17, 15) is 13.2 Å². The number of amides is 1. The largest absolute Gasteiger partial charge is 0.484 e. The highest BCUT2D eigenvalue weighted by Gasteiger charge is 2.14. The molecule has 0 aromatic heterocycles. The maximum atomic E-state index is 12.1. The topological polar surface area (TPSA) is 84.5 Å². The van der Waals surface area contributed by atoms with Crippen LogP contribution >= 0.6 is 11.8 Å². The van der Waals surface area contributed by atoms with Crippen LogP contribution in [0.2, 0.25) is 0 Å². The van der Waals surface area contributed by atoms with Crippen LogP contribution in [0.5, 0.6) is 5.75 Å². The third-order valence-electron chi connectivity index (χ3n) is 4.04. The average molecular weight is 423 g/mol. The molecule has 0 heterocycles. The third kappa shape index (κ3) is 6.54. The number of sulfonamides is 1. The Balaban J connectivity index is 1.86. The van der Waals surface area contributed by atoms with E-state index >= 15 is 0 Å². The lowest BCUT2D eigenvalue weighted by Gasteiger charge is -2.15. The number of benzene rings is 2. The maximum absolute atomic E-state index is 12.1. The van der Waals surface area contributed by atoms with Crippen molar-refractivity contribution in [1.29, 1.82) is 0 Å². The van der Waals surface area contributed by atoms with Crippen LogP contribution < -0.4 is 14.8 Å². The molecule has 0 aliphatic rings.